The van der Waals surface area contributed by atoms with E-state index in [1.165, 1.54) is 6.07 Å². The SMILES string of the molecule is O=C(NCC(=O)N1CCOCC1)C1CC=C(c2ccc(OCC3CCNCC3)c(F)c2)CC1. The molecule has 8 heteroatoms. The van der Waals surface area contributed by atoms with Gasteiger partial charge in [-0.1, -0.05) is 12.1 Å². The Hall–Kier alpha value is -2.45. The van der Waals surface area contributed by atoms with Crippen LogP contribution in [0.1, 0.15) is 37.7 Å². The van der Waals surface area contributed by atoms with Gasteiger partial charge in [0.1, 0.15) is 0 Å². The van der Waals surface area contributed by atoms with E-state index in [1.807, 2.05) is 12.1 Å². The fraction of sp³-hybridized carbons (Fsp3) is 0.600. The third-order valence-electron chi connectivity index (χ3n) is 6.80. The molecule has 2 N–H and O–H groups in total. The number of nitrogens with one attached hydrogen (secondary N) is 2. The summed E-state index contributed by atoms with van der Waals surface area (Å²) >= 11 is 0. The zero-order valence-electron chi connectivity index (χ0n) is 19.1. The van der Waals surface area contributed by atoms with Crippen LogP contribution in [0.4, 0.5) is 4.39 Å². The summed E-state index contributed by atoms with van der Waals surface area (Å²) in [6.45, 7) is 4.79. The Morgan fingerprint density at radius 3 is 2.67 bits per heavy atom. The number of morpholine rings is 1. The lowest BCUT2D eigenvalue weighted by Gasteiger charge is -2.27. The first-order chi connectivity index (χ1) is 16.1. The molecule has 33 heavy (non-hydrogen) atoms. The van der Waals surface area contributed by atoms with Gasteiger partial charge < -0.3 is 25.0 Å². The van der Waals surface area contributed by atoms with E-state index in [0.29, 0.717) is 63.8 Å². The van der Waals surface area contributed by atoms with E-state index in [1.54, 1.807) is 11.0 Å². The molecule has 2 aliphatic heterocycles. The van der Waals surface area contributed by atoms with Gasteiger partial charge in [0.05, 0.1) is 26.4 Å². The van der Waals surface area contributed by atoms with Crippen LogP contribution in [0, 0.1) is 17.7 Å². The topological polar surface area (TPSA) is 79.9 Å². The van der Waals surface area contributed by atoms with Crippen molar-refractivity contribution in [1.82, 2.24) is 15.5 Å². The Morgan fingerprint density at radius 2 is 1.97 bits per heavy atom. The second-order valence-corrected chi connectivity index (χ2v) is 9.06. The third-order valence-corrected chi connectivity index (χ3v) is 6.80. The van der Waals surface area contributed by atoms with E-state index in [2.05, 4.69) is 10.6 Å². The molecule has 1 atom stereocenters. The summed E-state index contributed by atoms with van der Waals surface area (Å²) in [5.74, 6) is 0.0957. The lowest BCUT2D eigenvalue weighted by molar-refractivity contribution is -0.137. The molecule has 7 nitrogen and oxygen atoms in total. The molecule has 0 aromatic heterocycles. The minimum Gasteiger partial charge on any atom is -0.490 e. The van der Waals surface area contributed by atoms with Crippen LogP contribution in [0.15, 0.2) is 24.3 Å². The number of benzene rings is 1. The molecule has 1 aliphatic carbocycles. The van der Waals surface area contributed by atoms with Crippen molar-refractivity contribution in [1.29, 1.82) is 0 Å². The largest absolute Gasteiger partial charge is 0.490 e. The smallest absolute Gasteiger partial charge is 0.242 e. The second-order valence-electron chi connectivity index (χ2n) is 9.06. The molecule has 3 aliphatic rings. The van der Waals surface area contributed by atoms with Gasteiger partial charge in [0.2, 0.25) is 11.8 Å². The molecule has 0 saturated carbocycles. The van der Waals surface area contributed by atoms with Gasteiger partial charge in [0.15, 0.2) is 11.6 Å². The third kappa shape index (κ3) is 6.54. The van der Waals surface area contributed by atoms with Crippen LogP contribution in [0.5, 0.6) is 5.75 Å². The molecule has 180 valence electrons. The van der Waals surface area contributed by atoms with E-state index in [4.69, 9.17) is 9.47 Å². The normalized spacial score (nSPS) is 21.9. The molecule has 4 rings (SSSR count). The van der Waals surface area contributed by atoms with Crippen molar-refractivity contribution in [3.63, 3.8) is 0 Å². The lowest BCUT2D eigenvalue weighted by atomic mass is 9.86. The number of ether oxygens (including phenoxy) is 2. The monoisotopic (exact) mass is 459 g/mol. The summed E-state index contributed by atoms with van der Waals surface area (Å²) in [4.78, 5) is 26.4. The molecule has 0 bridgehead atoms. The molecular weight excluding hydrogens is 425 g/mol. The predicted octanol–water partition coefficient (Wildman–Crippen LogP) is 2.36. The highest BCUT2D eigenvalue weighted by molar-refractivity contribution is 5.86. The second kappa shape index (κ2) is 11.6. The van der Waals surface area contributed by atoms with Gasteiger partial charge in [-0.25, -0.2) is 4.39 Å². The Kier molecular flexibility index (Phi) is 8.34. The van der Waals surface area contributed by atoms with Crippen LogP contribution in [-0.2, 0) is 14.3 Å². The molecule has 0 spiro atoms. The van der Waals surface area contributed by atoms with Crippen LogP contribution in [-0.4, -0.2) is 69.3 Å². The number of hydrogen-bond acceptors (Lipinski definition) is 5. The van der Waals surface area contributed by atoms with E-state index in [-0.39, 0.29) is 30.1 Å². The van der Waals surface area contributed by atoms with E-state index >= 15 is 0 Å². The molecular formula is C25H34FN3O4. The van der Waals surface area contributed by atoms with Crippen LogP contribution in [0.3, 0.4) is 0 Å². The number of carbonyl (C=O) groups is 2. The van der Waals surface area contributed by atoms with E-state index in [9.17, 15) is 14.0 Å². The van der Waals surface area contributed by atoms with Gasteiger partial charge in [-0.05, 0) is 74.4 Å². The quantitative estimate of drug-likeness (QED) is 0.655. The summed E-state index contributed by atoms with van der Waals surface area (Å²) in [5.41, 5.74) is 1.88. The Bertz CT molecular complexity index is 863. The summed E-state index contributed by atoms with van der Waals surface area (Å²) in [7, 11) is 0. The average molecular weight is 460 g/mol. The first-order valence-corrected chi connectivity index (χ1v) is 12.1. The molecule has 2 fully saturated rings. The van der Waals surface area contributed by atoms with Crippen LogP contribution < -0.4 is 15.4 Å². The summed E-state index contributed by atoms with van der Waals surface area (Å²) < 4.78 is 25.6. The lowest BCUT2D eigenvalue weighted by Crippen LogP contribution is -2.46. The molecule has 0 radical (unpaired) electrons. The van der Waals surface area contributed by atoms with E-state index in [0.717, 1.165) is 37.1 Å². The molecule has 2 heterocycles. The minimum atomic E-state index is -0.344. The van der Waals surface area contributed by atoms with Crippen molar-refractivity contribution < 1.29 is 23.5 Å². The Labute approximate surface area is 194 Å². The predicted molar refractivity (Wildman–Crippen MR) is 123 cm³/mol. The number of halogens is 1. The average Bonchev–Trinajstić information content (AvgIpc) is 2.87. The number of nitrogens with zero attached hydrogens (tertiary/aromatic N) is 1. The van der Waals surface area contributed by atoms with Crippen LogP contribution in [0.25, 0.3) is 5.57 Å². The van der Waals surface area contributed by atoms with Crippen molar-refractivity contribution in [2.75, 3.05) is 52.5 Å². The maximum atomic E-state index is 14.6. The van der Waals surface area contributed by atoms with Gasteiger partial charge in [-0.15, -0.1) is 0 Å². The van der Waals surface area contributed by atoms with Crippen molar-refractivity contribution in [2.45, 2.75) is 32.1 Å². The number of allylic oxidation sites excluding steroid dienone is 2. The number of amides is 2. The number of hydrogen-bond donors (Lipinski definition) is 2. The van der Waals surface area contributed by atoms with Crippen LogP contribution >= 0.6 is 0 Å². The van der Waals surface area contributed by atoms with Crippen molar-refractivity contribution in [2.24, 2.45) is 11.8 Å². The van der Waals surface area contributed by atoms with Crippen LogP contribution in [0.2, 0.25) is 0 Å². The standard InChI is InChI=1S/C25H34FN3O4/c26-22-15-21(5-6-23(22)33-17-18-7-9-27-10-8-18)19-1-3-20(4-2-19)25(31)28-16-24(30)29-11-13-32-14-12-29/h1,5-6,15,18,20,27H,2-4,7-14,16-17H2,(H,28,31). The van der Waals surface area contributed by atoms with Gasteiger partial charge in [0.25, 0.3) is 0 Å². The zero-order valence-corrected chi connectivity index (χ0v) is 19.1. The number of carbonyl (C=O) groups excluding carboxylic acids is 2. The molecule has 2 saturated heterocycles. The van der Waals surface area contributed by atoms with Crippen molar-refractivity contribution in [3.8, 4) is 5.75 Å². The summed E-state index contributed by atoms with van der Waals surface area (Å²) in [6.07, 6.45) is 6.10. The molecule has 2 amide bonds. The maximum Gasteiger partial charge on any atom is 0.242 e. The van der Waals surface area contributed by atoms with Crippen molar-refractivity contribution in [3.05, 3.63) is 35.7 Å². The minimum absolute atomic E-state index is 0.0238. The van der Waals surface area contributed by atoms with Gasteiger partial charge in [-0.2, -0.15) is 0 Å². The Balaban J connectivity index is 1.25. The molecule has 1 unspecified atom stereocenters. The van der Waals surface area contributed by atoms with E-state index < -0.39 is 0 Å². The number of piperidine rings is 1. The number of rotatable bonds is 7. The fourth-order valence-corrected chi connectivity index (χ4v) is 4.64. The van der Waals surface area contributed by atoms with Gasteiger partial charge in [-0.3, -0.25) is 9.59 Å². The van der Waals surface area contributed by atoms with Crippen molar-refractivity contribution >= 4 is 17.4 Å². The fourth-order valence-electron chi connectivity index (χ4n) is 4.64. The Morgan fingerprint density at radius 1 is 1.18 bits per heavy atom. The summed E-state index contributed by atoms with van der Waals surface area (Å²) in [6, 6.07) is 5.14. The molecule has 1 aromatic carbocycles. The first kappa shape index (κ1) is 23.7. The highest BCUT2D eigenvalue weighted by Gasteiger charge is 2.24. The maximum absolute atomic E-state index is 14.6. The summed E-state index contributed by atoms with van der Waals surface area (Å²) in [5, 5.41) is 6.10. The van der Waals surface area contributed by atoms with Gasteiger partial charge >= 0.3 is 0 Å². The van der Waals surface area contributed by atoms with Gasteiger partial charge in [0, 0.05) is 19.0 Å². The molecule has 1 aromatic rings. The first-order valence-electron chi connectivity index (χ1n) is 12.1. The highest BCUT2D eigenvalue weighted by Crippen LogP contribution is 2.32. The zero-order chi connectivity index (χ0) is 23.0. The highest BCUT2D eigenvalue weighted by atomic mass is 19.1.